The molecule has 1 aromatic carbocycles. The van der Waals surface area contributed by atoms with Crippen molar-refractivity contribution < 1.29 is 14.3 Å². The van der Waals surface area contributed by atoms with E-state index in [1.807, 2.05) is 38.1 Å². The lowest BCUT2D eigenvalue weighted by atomic mass is 10.1. The van der Waals surface area contributed by atoms with Crippen molar-refractivity contribution >= 4 is 12.2 Å². The van der Waals surface area contributed by atoms with Crippen LogP contribution in [0.1, 0.15) is 24.5 Å². The number of carbonyl (C=O) groups excluding carboxylic acids is 1. The average Bonchev–Trinajstić information content (AvgIpc) is 2.34. The van der Waals surface area contributed by atoms with E-state index in [0.29, 0.717) is 0 Å². The van der Waals surface area contributed by atoms with Crippen molar-refractivity contribution in [1.29, 1.82) is 0 Å². The standard InChI is InChI=1S/C14H18O3/c1-4-12(10-17-14(15)16-3)9-13-7-5-6-11(2)8-13/h5-9H,4,10H2,1-3H3/b12-9+. The van der Waals surface area contributed by atoms with Gasteiger partial charge in [-0.2, -0.15) is 0 Å². The molecule has 0 heterocycles. The van der Waals surface area contributed by atoms with Gasteiger partial charge in [0.05, 0.1) is 7.11 Å². The molecule has 0 spiro atoms. The molecule has 0 bridgehead atoms. The van der Waals surface area contributed by atoms with Crippen LogP contribution in [-0.4, -0.2) is 19.9 Å². The molecule has 0 aliphatic rings. The molecule has 1 aromatic rings. The molecule has 0 aliphatic carbocycles. The lowest BCUT2D eigenvalue weighted by Gasteiger charge is -2.06. The summed E-state index contributed by atoms with van der Waals surface area (Å²) in [5.41, 5.74) is 3.39. The summed E-state index contributed by atoms with van der Waals surface area (Å²) in [5.74, 6) is 0. The van der Waals surface area contributed by atoms with Gasteiger partial charge in [0.2, 0.25) is 0 Å². The van der Waals surface area contributed by atoms with Crippen LogP contribution >= 0.6 is 0 Å². The molecule has 3 nitrogen and oxygen atoms in total. The Kier molecular flexibility index (Phi) is 5.27. The molecule has 0 N–H and O–H groups in total. The van der Waals surface area contributed by atoms with E-state index in [4.69, 9.17) is 4.74 Å². The van der Waals surface area contributed by atoms with E-state index < -0.39 is 6.16 Å². The lowest BCUT2D eigenvalue weighted by molar-refractivity contribution is 0.0796. The second-order valence-electron chi connectivity index (χ2n) is 3.81. The van der Waals surface area contributed by atoms with Crippen molar-refractivity contribution in [3.05, 3.63) is 41.0 Å². The maximum atomic E-state index is 10.9. The fourth-order valence-electron chi connectivity index (χ4n) is 1.45. The first-order valence-electron chi connectivity index (χ1n) is 5.62. The van der Waals surface area contributed by atoms with Crippen molar-refractivity contribution in [3.63, 3.8) is 0 Å². The minimum atomic E-state index is -0.645. The van der Waals surface area contributed by atoms with Crippen LogP contribution in [0.15, 0.2) is 29.8 Å². The predicted octanol–water partition coefficient (Wildman–Crippen LogP) is 3.57. The number of ether oxygens (including phenoxy) is 2. The minimum Gasteiger partial charge on any atom is -0.438 e. The lowest BCUT2D eigenvalue weighted by Crippen LogP contribution is -2.06. The zero-order valence-corrected chi connectivity index (χ0v) is 10.5. The van der Waals surface area contributed by atoms with Gasteiger partial charge in [-0.05, 0) is 24.5 Å². The van der Waals surface area contributed by atoms with Gasteiger partial charge in [-0.3, -0.25) is 0 Å². The highest BCUT2D eigenvalue weighted by atomic mass is 16.7. The quantitative estimate of drug-likeness (QED) is 0.747. The number of aryl methyl sites for hydroxylation is 1. The van der Waals surface area contributed by atoms with Crippen LogP contribution in [0.25, 0.3) is 6.08 Å². The fourth-order valence-corrected chi connectivity index (χ4v) is 1.45. The first-order chi connectivity index (χ1) is 8.15. The van der Waals surface area contributed by atoms with Crippen molar-refractivity contribution in [2.24, 2.45) is 0 Å². The summed E-state index contributed by atoms with van der Waals surface area (Å²) in [6.45, 7) is 4.35. The second-order valence-corrected chi connectivity index (χ2v) is 3.81. The number of hydrogen-bond acceptors (Lipinski definition) is 3. The summed E-state index contributed by atoms with van der Waals surface area (Å²) in [7, 11) is 1.30. The van der Waals surface area contributed by atoms with Crippen molar-refractivity contribution in [1.82, 2.24) is 0 Å². The highest BCUT2D eigenvalue weighted by molar-refractivity contribution is 5.60. The van der Waals surface area contributed by atoms with Crippen LogP contribution in [-0.2, 0) is 9.47 Å². The third kappa shape index (κ3) is 4.72. The van der Waals surface area contributed by atoms with Gasteiger partial charge >= 0.3 is 6.16 Å². The van der Waals surface area contributed by atoms with Gasteiger partial charge in [-0.25, -0.2) is 4.79 Å². The molecular formula is C14H18O3. The van der Waals surface area contributed by atoms with E-state index in [2.05, 4.69) is 10.8 Å². The average molecular weight is 234 g/mol. The molecule has 0 unspecified atom stereocenters. The summed E-state index contributed by atoms with van der Waals surface area (Å²) in [4.78, 5) is 10.9. The van der Waals surface area contributed by atoms with Gasteiger partial charge in [0.25, 0.3) is 0 Å². The molecule has 0 saturated carbocycles. The van der Waals surface area contributed by atoms with Crippen LogP contribution < -0.4 is 0 Å². The van der Waals surface area contributed by atoms with Crippen molar-refractivity contribution in [3.8, 4) is 0 Å². The Hall–Kier alpha value is -1.77. The van der Waals surface area contributed by atoms with E-state index in [0.717, 1.165) is 17.6 Å². The van der Waals surface area contributed by atoms with Crippen LogP contribution in [0.2, 0.25) is 0 Å². The topological polar surface area (TPSA) is 35.5 Å². The maximum absolute atomic E-state index is 10.9. The van der Waals surface area contributed by atoms with E-state index in [9.17, 15) is 4.79 Å². The Morgan fingerprint density at radius 3 is 2.76 bits per heavy atom. The van der Waals surface area contributed by atoms with Gasteiger partial charge in [0.1, 0.15) is 6.61 Å². The molecule has 0 aliphatic heterocycles. The van der Waals surface area contributed by atoms with Crippen molar-refractivity contribution in [2.75, 3.05) is 13.7 Å². The molecule has 1 rings (SSSR count). The Bertz CT molecular complexity index is 408. The molecule has 92 valence electrons. The molecular weight excluding hydrogens is 216 g/mol. The Balaban J connectivity index is 2.69. The van der Waals surface area contributed by atoms with E-state index in [-0.39, 0.29) is 6.61 Å². The smallest absolute Gasteiger partial charge is 0.438 e. The maximum Gasteiger partial charge on any atom is 0.508 e. The summed E-state index contributed by atoms with van der Waals surface area (Å²) in [6.07, 6.45) is 2.23. The van der Waals surface area contributed by atoms with E-state index >= 15 is 0 Å². The molecule has 17 heavy (non-hydrogen) atoms. The molecule has 0 atom stereocenters. The molecule has 0 saturated heterocycles. The Morgan fingerprint density at radius 1 is 1.41 bits per heavy atom. The number of hydrogen-bond donors (Lipinski definition) is 0. The first-order valence-corrected chi connectivity index (χ1v) is 5.62. The number of carbonyl (C=O) groups is 1. The highest BCUT2D eigenvalue weighted by Crippen LogP contribution is 2.12. The zero-order chi connectivity index (χ0) is 12.7. The highest BCUT2D eigenvalue weighted by Gasteiger charge is 2.02. The fraction of sp³-hybridized carbons (Fsp3) is 0.357. The molecule has 3 heteroatoms. The third-order valence-corrected chi connectivity index (χ3v) is 2.41. The van der Waals surface area contributed by atoms with Crippen LogP contribution in [0.4, 0.5) is 4.79 Å². The van der Waals surface area contributed by atoms with Crippen LogP contribution in [0.3, 0.4) is 0 Å². The molecule has 0 radical (unpaired) electrons. The third-order valence-electron chi connectivity index (χ3n) is 2.41. The normalized spacial score (nSPS) is 11.1. The summed E-state index contributed by atoms with van der Waals surface area (Å²) >= 11 is 0. The largest absolute Gasteiger partial charge is 0.508 e. The van der Waals surface area contributed by atoms with Crippen molar-refractivity contribution in [2.45, 2.75) is 20.3 Å². The minimum absolute atomic E-state index is 0.275. The summed E-state index contributed by atoms with van der Waals surface area (Å²) < 4.78 is 9.34. The van der Waals surface area contributed by atoms with Gasteiger partial charge in [0.15, 0.2) is 0 Å². The van der Waals surface area contributed by atoms with Gasteiger partial charge in [0, 0.05) is 0 Å². The molecule has 0 amide bonds. The number of rotatable bonds is 4. The van der Waals surface area contributed by atoms with E-state index in [1.54, 1.807) is 0 Å². The van der Waals surface area contributed by atoms with E-state index in [1.165, 1.54) is 12.7 Å². The monoisotopic (exact) mass is 234 g/mol. The summed E-state index contributed by atoms with van der Waals surface area (Å²) in [5, 5.41) is 0. The predicted molar refractivity (Wildman–Crippen MR) is 67.8 cm³/mol. The Labute approximate surface area is 102 Å². The number of benzene rings is 1. The zero-order valence-electron chi connectivity index (χ0n) is 10.5. The van der Waals surface area contributed by atoms with Crippen LogP contribution in [0.5, 0.6) is 0 Å². The summed E-state index contributed by atoms with van der Waals surface area (Å²) in [6, 6.07) is 8.18. The SMILES string of the molecule is CC/C(=C\c1cccc(C)c1)COC(=O)OC. The number of methoxy groups -OCH3 is 1. The van der Waals surface area contributed by atoms with Gasteiger partial charge in [-0.15, -0.1) is 0 Å². The van der Waals surface area contributed by atoms with Crippen LogP contribution in [0, 0.1) is 6.92 Å². The molecule has 0 aromatic heterocycles. The molecule has 0 fully saturated rings. The Morgan fingerprint density at radius 2 is 2.18 bits per heavy atom. The van der Waals surface area contributed by atoms with Gasteiger partial charge in [-0.1, -0.05) is 42.8 Å². The first kappa shape index (κ1) is 13.3. The second kappa shape index (κ2) is 6.74. The van der Waals surface area contributed by atoms with Gasteiger partial charge < -0.3 is 9.47 Å².